The highest BCUT2D eigenvalue weighted by molar-refractivity contribution is 7.19. The highest BCUT2D eigenvalue weighted by atomic mass is 32.1. The van der Waals surface area contributed by atoms with Gasteiger partial charge in [0.1, 0.15) is 24.5 Å². The van der Waals surface area contributed by atoms with Crippen molar-refractivity contribution in [3.8, 4) is 17.2 Å². The van der Waals surface area contributed by atoms with Crippen LogP contribution in [0.25, 0.3) is 10.2 Å². The van der Waals surface area contributed by atoms with E-state index in [0.29, 0.717) is 41.7 Å². The molecule has 1 N–H and O–H groups in total. The second-order valence-electron chi connectivity index (χ2n) is 5.99. The minimum atomic E-state index is -0.240. The van der Waals surface area contributed by atoms with Crippen molar-refractivity contribution < 1.29 is 19.0 Å². The zero-order chi connectivity index (χ0) is 18.3. The number of rotatable bonds is 3. The molecular weight excluding hydrogens is 352 g/mol. The fourth-order valence-corrected chi connectivity index (χ4v) is 3.93. The van der Waals surface area contributed by atoms with Crippen molar-refractivity contribution in [3.05, 3.63) is 40.4 Å². The number of ether oxygens (including phenoxy) is 3. The van der Waals surface area contributed by atoms with Gasteiger partial charge in [0.05, 0.1) is 22.3 Å². The van der Waals surface area contributed by atoms with E-state index in [1.165, 1.54) is 11.3 Å². The topological polar surface area (TPSA) is 69.7 Å². The van der Waals surface area contributed by atoms with Gasteiger partial charge in [-0.3, -0.25) is 4.79 Å². The van der Waals surface area contributed by atoms with Crippen molar-refractivity contribution in [1.82, 2.24) is 4.98 Å². The molecule has 1 aliphatic rings. The Morgan fingerprint density at radius 2 is 1.92 bits per heavy atom. The van der Waals surface area contributed by atoms with E-state index in [0.717, 1.165) is 20.8 Å². The molecule has 0 saturated carbocycles. The predicted octanol–water partition coefficient (Wildman–Crippen LogP) is 3.95. The summed E-state index contributed by atoms with van der Waals surface area (Å²) in [7, 11) is 1.56. The Morgan fingerprint density at radius 1 is 1.19 bits per heavy atom. The zero-order valence-corrected chi connectivity index (χ0v) is 15.5. The Kier molecular flexibility index (Phi) is 4.16. The number of thiazole rings is 1. The largest absolute Gasteiger partial charge is 0.496 e. The molecule has 0 bridgehead atoms. The summed E-state index contributed by atoms with van der Waals surface area (Å²) in [6, 6.07) is 7.31. The van der Waals surface area contributed by atoms with E-state index >= 15 is 0 Å². The number of fused-ring (bicyclic) bond motifs is 2. The van der Waals surface area contributed by atoms with Gasteiger partial charge in [0.25, 0.3) is 5.91 Å². The Bertz CT molecular complexity index is 1010. The van der Waals surface area contributed by atoms with Crippen LogP contribution in [0.15, 0.2) is 24.3 Å². The van der Waals surface area contributed by atoms with Gasteiger partial charge in [-0.05, 0) is 37.6 Å². The summed E-state index contributed by atoms with van der Waals surface area (Å²) in [5, 5.41) is 3.88. The van der Waals surface area contributed by atoms with E-state index in [1.807, 2.05) is 26.0 Å². The van der Waals surface area contributed by atoms with Gasteiger partial charge < -0.3 is 19.5 Å². The van der Waals surface area contributed by atoms with E-state index in [-0.39, 0.29) is 5.91 Å². The molecule has 6 nitrogen and oxygen atoms in total. The van der Waals surface area contributed by atoms with Gasteiger partial charge >= 0.3 is 0 Å². The van der Waals surface area contributed by atoms with E-state index < -0.39 is 0 Å². The maximum Gasteiger partial charge on any atom is 0.260 e. The van der Waals surface area contributed by atoms with Crippen LogP contribution in [0.5, 0.6) is 17.2 Å². The molecular formula is C19H18N2O4S. The minimum Gasteiger partial charge on any atom is -0.496 e. The minimum absolute atomic E-state index is 0.240. The molecule has 134 valence electrons. The van der Waals surface area contributed by atoms with Gasteiger partial charge in [-0.2, -0.15) is 0 Å². The first-order chi connectivity index (χ1) is 12.6. The van der Waals surface area contributed by atoms with Crippen molar-refractivity contribution in [3.63, 3.8) is 0 Å². The van der Waals surface area contributed by atoms with Crippen LogP contribution in [0, 0.1) is 13.8 Å². The third kappa shape index (κ3) is 2.84. The summed E-state index contributed by atoms with van der Waals surface area (Å²) in [5.74, 6) is 1.62. The van der Waals surface area contributed by atoms with Crippen molar-refractivity contribution in [2.45, 2.75) is 13.8 Å². The van der Waals surface area contributed by atoms with Crippen LogP contribution in [0.4, 0.5) is 5.69 Å². The number of nitrogens with zero attached hydrogens (tertiary/aromatic N) is 1. The lowest BCUT2D eigenvalue weighted by Crippen LogP contribution is -2.17. The number of aryl methyl sites for hydroxylation is 2. The summed E-state index contributed by atoms with van der Waals surface area (Å²) in [4.78, 5) is 17.5. The highest BCUT2D eigenvalue weighted by Gasteiger charge is 2.21. The summed E-state index contributed by atoms with van der Waals surface area (Å²) in [5.41, 5.74) is 2.86. The summed E-state index contributed by atoms with van der Waals surface area (Å²) < 4.78 is 17.4. The predicted molar refractivity (Wildman–Crippen MR) is 101 cm³/mol. The molecule has 1 amide bonds. The van der Waals surface area contributed by atoms with Crippen LogP contribution in [-0.2, 0) is 0 Å². The standard InChI is InChI=1S/C19H18N2O4S/c1-10-8-15-16(25-7-6-24-15)9-13(10)21-19(22)17-14(23-3)5-4-12-18(17)26-11(2)20-12/h4-5,8-9H,6-7H2,1-3H3,(H,21,22). The lowest BCUT2D eigenvalue weighted by molar-refractivity contribution is 0.102. The zero-order valence-electron chi connectivity index (χ0n) is 14.7. The fraction of sp³-hybridized carbons (Fsp3) is 0.263. The van der Waals surface area contributed by atoms with Crippen LogP contribution in [-0.4, -0.2) is 31.2 Å². The molecule has 2 heterocycles. The molecule has 26 heavy (non-hydrogen) atoms. The van der Waals surface area contributed by atoms with Crippen LogP contribution < -0.4 is 19.5 Å². The number of benzene rings is 2. The van der Waals surface area contributed by atoms with E-state index in [2.05, 4.69) is 10.3 Å². The summed E-state index contributed by atoms with van der Waals surface area (Å²) in [6.45, 7) is 4.87. The maximum absolute atomic E-state index is 13.1. The number of aromatic nitrogens is 1. The SMILES string of the molecule is COc1ccc2nc(C)sc2c1C(=O)Nc1cc2c(cc1C)OCCO2. The van der Waals surface area contributed by atoms with Gasteiger partial charge in [0.2, 0.25) is 0 Å². The molecule has 0 atom stereocenters. The average molecular weight is 370 g/mol. The molecule has 0 fully saturated rings. The molecule has 0 radical (unpaired) electrons. The van der Waals surface area contributed by atoms with Crippen molar-refractivity contribution in [2.75, 3.05) is 25.6 Å². The molecule has 1 aromatic heterocycles. The van der Waals surface area contributed by atoms with Crippen LogP contribution >= 0.6 is 11.3 Å². The maximum atomic E-state index is 13.1. The monoisotopic (exact) mass is 370 g/mol. The van der Waals surface area contributed by atoms with Crippen LogP contribution in [0.3, 0.4) is 0 Å². The van der Waals surface area contributed by atoms with Crippen molar-refractivity contribution >= 4 is 33.1 Å². The van der Waals surface area contributed by atoms with Crippen LogP contribution in [0.2, 0.25) is 0 Å². The second-order valence-corrected chi connectivity index (χ2v) is 7.19. The Hall–Kier alpha value is -2.80. The van der Waals surface area contributed by atoms with E-state index in [1.54, 1.807) is 19.2 Å². The number of nitrogens with one attached hydrogen (secondary N) is 1. The van der Waals surface area contributed by atoms with E-state index in [4.69, 9.17) is 14.2 Å². The third-order valence-corrected chi connectivity index (χ3v) is 5.21. The quantitative estimate of drug-likeness (QED) is 0.756. The normalized spacial score (nSPS) is 12.9. The van der Waals surface area contributed by atoms with Gasteiger partial charge in [0.15, 0.2) is 11.5 Å². The van der Waals surface area contributed by atoms with E-state index in [9.17, 15) is 4.79 Å². The lowest BCUT2D eigenvalue weighted by Gasteiger charge is -2.20. The Labute approximate surface area is 154 Å². The average Bonchev–Trinajstić information content (AvgIpc) is 3.01. The number of anilines is 1. The number of carbonyl (C=O) groups is 1. The Balaban J connectivity index is 1.74. The Morgan fingerprint density at radius 3 is 2.65 bits per heavy atom. The van der Waals surface area contributed by atoms with Gasteiger partial charge in [-0.25, -0.2) is 4.98 Å². The first-order valence-electron chi connectivity index (χ1n) is 8.22. The van der Waals surface area contributed by atoms with Gasteiger partial charge in [-0.15, -0.1) is 11.3 Å². The lowest BCUT2D eigenvalue weighted by atomic mass is 10.1. The van der Waals surface area contributed by atoms with Gasteiger partial charge in [-0.1, -0.05) is 0 Å². The smallest absolute Gasteiger partial charge is 0.260 e. The van der Waals surface area contributed by atoms with Crippen molar-refractivity contribution in [2.24, 2.45) is 0 Å². The molecule has 0 aliphatic carbocycles. The summed E-state index contributed by atoms with van der Waals surface area (Å²) in [6.07, 6.45) is 0. The number of methoxy groups -OCH3 is 1. The van der Waals surface area contributed by atoms with Crippen LogP contribution in [0.1, 0.15) is 20.9 Å². The first kappa shape index (κ1) is 16.7. The van der Waals surface area contributed by atoms with Crippen molar-refractivity contribution in [1.29, 1.82) is 0 Å². The fourth-order valence-electron chi connectivity index (χ4n) is 2.98. The second kappa shape index (κ2) is 6.49. The molecule has 0 saturated heterocycles. The molecule has 2 aromatic carbocycles. The highest BCUT2D eigenvalue weighted by Crippen LogP contribution is 2.37. The number of carbonyl (C=O) groups excluding carboxylic acids is 1. The molecule has 7 heteroatoms. The molecule has 1 aliphatic heterocycles. The van der Waals surface area contributed by atoms with Gasteiger partial charge in [0, 0.05) is 11.8 Å². The molecule has 0 unspecified atom stereocenters. The molecule has 4 rings (SSSR count). The third-order valence-electron chi connectivity index (χ3n) is 4.21. The number of amides is 1. The molecule has 3 aromatic rings. The summed E-state index contributed by atoms with van der Waals surface area (Å²) >= 11 is 1.48. The number of hydrogen-bond donors (Lipinski definition) is 1. The molecule has 0 spiro atoms. The number of hydrogen-bond acceptors (Lipinski definition) is 6. The first-order valence-corrected chi connectivity index (χ1v) is 9.04.